The Hall–Kier alpha value is -1.97. The van der Waals surface area contributed by atoms with Crippen LogP contribution in [0.15, 0.2) is 36.7 Å². The Bertz CT molecular complexity index is 433. The Labute approximate surface area is 88.5 Å². The Balaban J connectivity index is 2.02. The molecule has 0 aliphatic carbocycles. The summed E-state index contributed by atoms with van der Waals surface area (Å²) < 4.78 is 1.35. The van der Waals surface area contributed by atoms with Crippen LogP contribution in [0.1, 0.15) is 11.3 Å². The lowest BCUT2D eigenvalue weighted by Crippen LogP contribution is -2.10. The summed E-state index contributed by atoms with van der Waals surface area (Å²) in [7, 11) is 0. The molecule has 0 saturated carbocycles. The number of hydrogen-bond acceptors (Lipinski definition) is 3. The minimum absolute atomic E-state index is 0.547. The van der Waals surface area contributed by atoms with Crippen LogP contribution < -0.4 is 11.6 Å². The summed E-state index contributed by atoms with van der Waals surface area (Å²) in [6.45, 7) is 0. The second kappa shape index (κ2) is 4.04. The summed E-state index contributed by atoms with van der Waals surface area (Å²) in [5.74, 6) is 6.09. The number of rotatable bonds is 3. The third kappa shape index (κ3) is 2.10. The summed E-state index contributed by atoms with van der Waals surface area (Å²) >= 11 is 0. The van der Waals surface area contributed by atoms with E-state index in [0.717, 1.165) is 18.5 Å². The maximum atomic E-state index is 5.74. The lowest BCUT2D eigenvalue weighted by atomic mass is 10.1. The minimum Gasteiger partial charge on any atom is -0.382 e. The average Bonchev–Trinajstić information content (AvgIpc) is 2.59. The fraction of sp³-hybridized carbons (Fsp3) is 0.182. The third-order valence-electron chi connectivity index (χ3n) is 2.41. The van der Waals surface area contributed by atoms with Gasteiger partial charge in [0.15, 0.2) is 0 Å². The van der Waals surface area contributed by atoms with Gasteiger partial charge >= 0.3 is 0 Å². The van der Waals surface area contributed by atoms with Crippen molar-refractivity contribution in [3.05, 3.63) is 47.9 Å². The van der Waals surface area contributed by atoms with E-state index in [9.17, 15) is 0 Å². The predicted molar refractivity (Wildman–Crippen MR) is 60.6 cm³/mol. The molecule has 1 aromatic heterocycles. The van der Waals surface area contributed by atoms with Gasteiger partial charge in [-0.2, -0.15) is 0 Å². The van der Waals surface area contributed by atoms with Gasteiger partial charge in [0.25, 0.3) is 0 Å². The number of nitrogens with zero attached hydrogens (tertiary/aromatic N) is 2. The zero-order chi connectivity index (χ0) is 10.7. The molecule has 15 heavy (non-hydrogen) atoms. The molecule has 4 N–H and O–H groups in total. The van der Waals surface area contributed by atoms with Gasteiger partial charge in [-0.3, -0.25) is 0 Å². The molecule has 0 aliphatic heterocycles. The van der Waals surface area contributed by atoms with Crippen LogP contribution in [0.4, 0.5) is 5.82 Å². The van der Waals surface area contributed by atoms with Gasteiger partial charge < -0.3 is 11.6 Å². The lowest BCUT2D eigenvalue weighted by molar-refractivity contribution is 0.928. The number of aryl methyl sites for hydroxylation is 2. The van der Waals surface area contributed by atoms with Gasteiger partial charge in [0.1, 0.15) is 12.1 Å². The van der Waals surface area contributed by atoms with Crippen molar-refractivity contribution in [2.75, 3.05) is 11.6 Å². The zero-order valence-electron chi connectivity index (χ0n) is 8.43. The summed E-state index contributed by atoms with van der Waals surface area (Å²) in [6.07, 6.45) is 3.29. The molecule has 1 aromatic carbocycles. The van der Waals surface area contributed by atoms with Gasteiger partial charge in [-0.05, 0) is 18.4 Å². The van der Waals surface area contributed by atoms with E-state index in [-0.39, 0.29) is 0 Å². The molecule has 0 saturated heterocycles. The van der Waals surface area contributed by atoms with Gasteiger partial charge in [-0.1, -0.05) is 30.3 Å². The smallest absolute Gasteiger partial charge is 0.145 e. The van der Waals surface area contributed by atoms with Crippen LogP contribution in [0.3, 0.4) is 0 Å². The number of hydrogen-bond donors (Lipinski definition) is 2. The Morgan fingerprint density at radius 3 is 2.47 bits per heavy atom. The molecule has 0 unspecified atom stereocenters. The van der Waals surface area contributed by atoms with Crippen LogP contribution in [0, 0.1) is 0 Å². The standard InChI is InChI=1S/C11H14N4/c12-11-10(14-8-15(11)13)7-6-9-4-2-1-3-5-9/h1-5,8H,6-7,12-13H2. The van der Waals surface area contributed by atoms with E-state index in [2.05, 4.69) is 17.1 Å². The molecular weight excluding hydrogens is 188 g/mol. The van der Waals surface area contributed by atoms with Gasteiger partial charge in [0, 0.05) is 0 Å². The first-order valence-electron chi connectivity index (χ1n) is 4.88. The van der Waals surface area contributed by atoms with E-state index in [1.54, 1.807) is 0 Å². The molecule has 2 rings (SSSR count). The van der Waals surface area contributed by atoms with Crippen molar-refractivity contribution in [3.8, 4) is 0 Å². The van der Waals surface area contributed by atoms with Crippen molar-refractivity contribution in [1.29, 1.82) is 0 Å². The van der Waals surface area contributed by atoms with E-state index in [1.807, 2.05) is 18.2 Å². The van der Waals surface area contributed by atoms with E-state index in [1.165, 1.54) is 16.6 Å². The molecular formula is C11H14N4. The van der Waals surface area contributed by atoms with Gasteiger partial charge in [0.2, 0.25) is 0 Å². The van der Waals surface area contributed by atoms with Crippen LogP contribution >= 0.6 is 0 Å². The molecule has 4 nitrogen and oxygen atoms in total. The number of anilines is 1. The van der Waals surface area contributed by atoms with Crippen LogP contribution in [0.2, 0.25) is 0 Å². The largest absolute Gasteiger partial charge is 0.382 e. The Morgan fingerprint density at radius 1 is 1.13 bits per heavy atom. The fourth-order valence-electron chi connectivity index (χ4n) is 1.51. The molecule has 0 bridgehead atoms. The van der Waals surface area contributed by atoms with E-state index in [0.29, 0.717) is 5.82 Å². The molecule has 2 aromatic rings. The first kappa shape index (κ1) is 9.58. The summed E-state index contributed by atoms with van der Waals surface area (Å²) in [5, 5.41) is 0. The molecule has 0 fully saturated rings. The number of imidazole rings is 1. The van der Waals surface area contributed by atoms with Crippen LogP contribution in [-0.2, 0) is 12.8 Å². The molecule has 0 spiro atoms. The SMILES string of the molecule is Nc1c(CCc2ccccc2)ncn1N. The first-order chi connectivity index (χ1) is 7.27. The second-order valence-electron chi connectivity index (χ2n) is 3.47. The van der Waals surface area contributed by atoms with Gasteiger partial charge in [-0.15, -0.1) is 0 Å². The number of nitrogen functional groups attached to an aromatic ring is 2. The number of benzene rings is 1. The lowest BCUT2D eigenvalue weighted by Gasteiger charge is -2.00. The quantitative estimate of drug-likeness (QED) is 0.728. The molecule has 78 valence electrons. The molecule has 0 atom stereocenters. The first-order valence-corrected chi connectivity index (χ1v) is 4.88. The normalized spacial score (nSPS) is 10.4. The Kier molecular flexibility index (Phi) is 2.58. The van der Waals surface area contributed by atoms with Crippen molar-refractivity contribution >= 4 is 5.82 Å². The fourth-order valence-corrected chi connectivity index (χ4v) is 1.51. The van der Waals surface area contributed by atoms with E-state index >= 15 is 0 Å². The third-order valence-corrected chi connectivity index (χ3v) is 2.41. The molecule has 0 aliphatic rings. The van der Waals surface area contributed by atoms with Crippen LogP contribution in [0.5, 0.6) is 0 Å². The van der Waals surface area contributed by atoms with Crippen molar-refractivity contribution in [3.63, 3.8) is 0 Å². The summed E-state index contributed by atoms with van der Waals surface area (Å²) in [5.41, 5.74) is 7.89. The topological polar surface area (TPSA) is 69.9 Å². The number of aromatic nitrogens is 2. The van der Waals surface area contributed by atoms with Gasteiger partial charge in [0.05, 0.1) is 5.69 Å². The second-order valence-corrected chi connectivity index (χ2v) is 3.47. The van der Waals surface area contributed by atoms with Crippen molar-refractivity contribution < 1.29 is 0 Å². The molecule has 0 radical (unpaired) electrons. The van der Waals surface area contributed by atoms with Crippen LogP contribution in [-0.4, -0.2) is 9.66 Å². The maximum Gasteiger partial charge on any atom is 0.145 e. The average molecular weight is 202 g/mol. The van der Waals surface area contributed by atoms with Crippen LogP contribution in [0.25, 0.3) is 0 Å². The number of nitrogens with two attached hydrogens (primary N) is 2. The summed E-state index contributed by atoms with van der Waals surface area (Å²) in [4.78, 5) is 4.14. The molecule has 0 amide bonds. The van der Waals surface area contributed by atoms with Crippen molar-refractivity contribution in [2.24, 2.45) is 0 Å². The summed E-state index contributed by atoms with van der Waals surface area (Å²) in [6, 6.07) is 10.2. The van der Waals surface area contributed by atoms with Gasteiger partial charge in [-0.25, -0.2) is 9.66 Å². The highest BCUT2D eigenvalue weighted by molar-refractivity contribution is 5.36. The highest BCUT2D eigenvalue weighted by atomic mass is 15.3. The van der Waals surface area contributed by atoms with Crippen molar-refractivity contribution in [2.45, 2.75) is 12.8 Å². The zero-order valence-corrected chi connectivity index (χ0v) is 8.43. The van der Waals surface area contributed by atoms with Crippen molar-refractivity contribution in [1.82, 2.24) is 9.66 Å². The van der Waals surface area contributed by atoms with E-state index in [4.69, 9.17) is 11.6 Å². The highest BCUT2D eigenvalue weighted by Gasteiger charge is 2.05. The Morgan fingerprint density at radius 2 is 1.87 bits per heavy atom. The minimum atomic E-state index is 0.547. The predicted octanol–water partition coefficient (Wildman–Crippen LogP) is 0.964. The molecule has 4 heteroatoms. The van der Waals surface area contributed by atoms with E-state index < -0.39 is 0 Å². The highest BCUT2D eigenvalue weighted by Crippen LogP contribution is 2.10. The molecule has 1 heterocycles. The maximum absolute atomic E-state index is 5.74. The monoisotopic (exact) mass is 202 g/mol.